The Bertz CT molecular complexity index is 2780. The molecule has 238 valence electrons. The van der Waals surface area contributed by atoms with Crippen molar-refractivity contribution in [3.05, 3.63) is 176 Å². The highest BCUT2D eigenvalue weighted by atomic mass is 16.5. The Kier molecular flexibility index (Phi) is 6.01. The Balaban J connectivity index is 1.23. The maximum absolute atomic E-state index is 7.29. The summed E-state index contributed by atoms with van der Waals surface area (Å²) >= 11 is 0. The molecule has 0 saturated heterocycles. The van der Waals surface area contributed by atoms with E-state index in [2.05, 4.69) is 185 Å². The Morgan fingerprint density at radius 1 is 0.451 bits per heavy atom. The number of hydrogen-bond donors (Lipinski definition) is 0. The van der Waals surface area contributed by atoms with E-state index in [0.717, 1.165) is 78.5 Å². The molecule has 0 saturated carbocycles. The summed E-state index contributed by atoms with van der Waals surface area (Å²) in [6.45, 7) is -0.101. The van der Waals surface area contributed by atoms with Crippen LogP contribution in [0.25, 0.3) is 38.3 Å². The van der Waals surface area contributed by atoms with Crippen LogP contribution in [0.5, 0.6) is 23.0 Å². The normalized spacial score (nSPS) is 12.6. The molecule has 0 amide bonds. The van der Waals surface area contributed by atoms with Gasteiger partial charge in [-0.25, -0.2) is 0 Å². The molecule has 0 fully saturated rings. The zero-order chi connectivity index (χ0) is 33.5. The average molecular weight is 653 g/mol. The number of fused-ring (bicyclic) bond motifs is 10. The largest absolute Gasteiger partial charge is 0.458 e. The van der Waals surface area contributed by atoms with Crippen LogP contribution < -0.4 is 30.8 Å². The van der Waals surface area contributed by atoms with Crippen LogP contribution in [-0.2, 0) is 0 Å². The molecule has 51 heavy (non-hydrogen) atoms. The van der Waals surface area contributed by atoms with Crippen LogP contribution in [0, 0.1) is 0 Å². The maximum atomic E-state index is 7.29. The zero-order valence-corrected chi connectivity index (χ0v) is 27.5. The van der Waals surface area contributed by atoms with Crippen LogP contribution in [0.1, 0.15) is 0 Å². The third kappa shape index (κ3) is 4.15. The second-order valence-corrected chi connectivity index (χ2v) is 13.3. The zero-order valence-electron chi connectivity index (χ0n) is 27.5. The van der Waals surface area contributed by atoms with Crippen LogP contribution in [0.15, 0.2) is 176 Å². The summed E-state index contributed by atoms with van der Waals surface area (Å²) in [5, 5.41) is 4.63. The molecule has 0 bridgehead atoms. The minimum atomic E-state index is -0.101. The molecule has 0 atom stereocenters. The van der Waals surface area contributed by atoms with E-state index in [9.17, 15) is 0 Å². The molecule has 0 unspecified atom stereocenters. The van der Waals surface area contributed by atoms with Gasteiger partial charge in [-0.2, -0.15) is 0 Å². The van der Waals surface area contributed by atoms with E-state index >= 15 is 0 Å². The smallest absolute Gasteiger partial charge is 0.261 e. The first-order chi connectivity index (χ1) is 25.3. The summed E-state index contributed by atoms with van der Waals surface area (Å²) in [5.41, 5.74) is 9.79. The molecule has 0 N–H and O–H groups in total. The molecule has 1 aromatic heterocycles. The number of aromatic nitrogens is 1. The fraction of sp³-hybridized carbons (Fsp3) is 0. The third-order valence-corrected chi connectivity index (χ3v) is 10.5. The van der Waals surface area contributed by atoms with Crippen LogP contribution in [0.4, 0.5) is 17.1 Å². The molecule has 0 aliphatic carbocycles. The van der Waals surface area contributed by atoms with Crippen molar-refractivity contribution in [1.82, 2.24) is 4.57 Å². The van der Waals surface area contributed by atoms with E-state index in [4.69, 9.17) is 9.47 Å². The third-order valence-electron chi connectivity index (χ3n) is 10.5. The van der Waals surface area contributed by atoms with Gasteiger partial charge in [0.2, 0.25) is 0 Å². The van der Waals surface area contributed by atoms with Crippen molar-refractivity contribution in [2.24, 2.45) is 0 Å². The van der Waals surface area contributed by atoms with Crippen molar-refractivity contribution >= 4 is 72.7 Å². The van der Waals surface area contributed by atoms with E-state index in [1.807, 2.05) is 0 Å². The van der Waals surface area contributed by atoms with Crippen molar-refractivity contribution < 1.29 is 9.47 Å². The van der Waals surface area contributed by atoms with Crippen LogP contribution in [-0.4, -0.2) is 11.3 Å². The standard InChI is InChI=1S/C46H29BN2O2/c1-4-15-31(16-5-1)48(32-17-6-2-7-18-32)34-25-26-38-41(28-34)51-46-44-42(50-40-27-24-30-14-10-11-21-35(30)43(40)47(38)44)29-37-36-22-12-13-23-39(36)49(45(37)46)33-19-8-3-9-20-33/h1-29H. The molecule has 2 aliphatic heterocycles. The first-order valence-electron chi connectivity index (χ1n) is 17.4. The lowest BCUT2D eigenvalue weighted by Gasteiger charge is -2.35. The SMILES string of the molecule is c1ccc(N(c2ccccc2)c2ccc3c(c2)Oc2c4c(cc5c6ccccc6n(-c6ccccc6)c25)Oc2ccc5ccccc5c2B34)cc1. The Morgan fingerprint density at radius 3 is 1.88 bits per heavy atom. The summed E-state index contributed by atoms with van der Waals surface area (Å²) in [6.07, 6.45) is 0. The second-order valence-electron chi connectivity index (χ2n) is 13.3. The predicted molar refractivity (Wildman–Crippen MR) is 211 cm³/mol. The van der Waals surface area contributed by atoms with Gasteiger partial charge in [0.05, 0.1) is 11.0 Å². The summed E-state index contributed by atoms with van der Waals surface area (Å²) in [7, 11) is 0. The number of para-hydroxylation sites is 4. The average Bonchev–Trinajstić information content (AvgIpc) is 3.53. The highest BCUT2D eigenvalue weighted by molar-refractivity contribution is 6.99. The first kappa shape index (κ1) is 28.2. The van der Waals surface area contributed by atoms with Crippen molar-refractivity contribution in [3.63, 3.8) is 0 Å². The van der Waals surface area contributed by atoms with Crippen molar-refractivity contribution in [2.45, 2.75) is 0 Å². The van der Waals surface area contributed by atoms with Gasteiger partial charge in [0.1, 0.15) is 17.2 Å². The topological polar surface area (TPSA) is 26.6 Å². The van der Waals surface area contributed by atoms with E-state index in [0.29, 0.717) is 0 Å². The number of nitrogens with zero attached hydrogens (tertiary/aromatic N) is 2. The molecule has 9 aromatic rings. The minimum absolute atomic E-state index is 0.101. The van der Waals surface area contributed by atoms with Gasteiger partial charge in [0.25, 0.3) is 6.71 Å². The summed E-state index contributed by atoms with van der Waals surface area (Å²) in [6, 6.07) is 62.1. The molecule has 4 nitrogen and oxygen atoms in total. The van der Waals surface area contributed by atoms with Gasteiger partial charge in [-0.15, -0.1) is 0 Å². The van der Waals surface area contributed by atoms with Gasteiger partial charge < -0.3 is 18.9 Å². The number of ether oxygens (including phenoxy) is 2. The van der Waals surface area contributed by atoms with Crippen LogP contribution in [0.2, 0.25) is 0 Å². The van der Waals surface area contributed by atoms with Crippen molar-refractivity contribution in [3.8, 4) is 28.7 Å². The minimum Gasteiger partial charge on any atom is -0.458 e. The molecule has 11 rings (SSSR count). The monoisotopic (exact) mass is 652 g/mol. The lowest BCUT2D eigenvalue weighted by atomic mass is 9.34. The van der Waals surface area contributed by atoms with Crippen molar-refractivity contribution in [1.29, 1.82) is 0 Å². The van der Waals surface area contributed by atoms with E-state index in [1.54, 1.807) is 0 Å². The van der Waals surface area contributed by atoms with E-state index in [-0.39, 0.29) is 6.71 Å². The van der Waals surface area contributed by atoms with E-state index < -0.39 is 0 Å². The van der Waals surface area contributed by atoms with Gasteiger partial charge in [0.15, 0.2) is 5.75 Å². The van der Waals surface area contributed by atoms with Gasteiger partial charge in [-0.05, 0) is 82.4 Å². The number of anilines is 3. The fourth-order valence-corrected chi connectivity index (χ4v) is 8.33. The first-order valence-corrected chi connectivity index (χ1v) is 17.4. The quantitative estimate of drug-likeness (QED) is 0.177. The Labute approximate surface area is 295 Å². The molecular weight excluding hydrogens is 623 g/mol. The molecule has 8 aromatic carbocycles. The highest BCUT2D eigenvalue weighted by Crippen LogP contribution is 2.46. The maximum Gasteiger partial charge on any atom is 0.261 e. The Hall–Kier alpha value is -6.72. The predicted octanol–water partition coefficient (Wildman–Crippen LogP) is 10.1. The van der Waals surface area contributed by atoms with Crippen molar-refractivity contribution in [2.75, 3.05) is 4.90 Å². The van der Waals surface area contributed by atoms with Crippen LogP contribution in [0.3, 0.4) is 0 Å². The number of rotatable bonds is 4. The molecule has 0 radical (unpaired) electrons. The molecule has 3 heterocycles. The van der Waals surface area contributed by atoms with Crippen LogP contribution >= 0.6 is 0 Å². The molecular formula is C46H29BN2O2. The number of hydrogen-bond acceptors (Lipinski definition) is 3. The molecule has 0 spiro atoms. The number of benzene rings is 8. The summed E-state index contributed by atoms with van der Waals surface area (Å²) in [4.78, 5) is 2.29. The molecule has 5 heteroatoms. The lowest BCUT2D eigenvalue weighted by molar-refractivity contribution is 0.468. The highest BCUT2D eigenvalue weighted by Gasteiger charge is 2.43. The lowest BCUT2D eigenvalue weighted by Crippen LogP contribution is -2.57. The van der Waals surface area contributed by atoms with Gasteiger partial charge in [-0.1, -0.05) is 109 Å². The van der Waals surface area contributed by atoms with Gasteiger partial charge in [0, 0.05) is 45.1 Å². The Morgan fingerprint density at radius 2 is 1.12 bits per heavy atom. The van der Waals surface area contributed by atoms with Gasteiger partial charge >= 0.3 is 0 Å². The summed E-state index contributed by atoms with van der Waals surface area (Å²) < 4.78 is 16.5. The van der Waals surface area contributed by atoms with E-state index in [1.165, 1.54) is 16.2 Å². The van der Waals surface area contributed by atoms with Gasteiger partial charge in [-0.3, -0.25) is 0 Å². The summed E-state index contributed by atoms with van der Waals surface area (Å²) in [5.74, 6) is 3.40. The fourth-order valence-electron chi connectivity index (χ4n) is 8.33. The second kappa shape index (κ2) is 10.9. The molecule has 2 aliphatic rings.